The van der Waals surface area contributed by atoms with Crippen molar-refractivity contribution < 1.29 is 4.79 Å². The summed E-state index contributed by atoms with van der Waals surface area (Å²) in [7, 11) is 0. The van der Waals surface area contributed by atoms with Gasteiger partial charge >= 0.3 is 0 Å². The number of amides is 1. The molecule has 0 atom stereocenters. The number of nitrogens with two attached hydrogens (primary N) is 1. The van der Waals surface area contributed by atoms with Crippen LogP contribution in [-0.2, 0) is 4.79 Å². The van der Waals surface area contributed by atoms with Crippen LogP contribution < -0.4 is 11.1 Å². The quantitative estimate of drug-likeness (QED) is 0.694. The lowest BCUT2D eigenvalue weighted by molar-refractivity contribution is -0.120. The Morgan fingerprint density at radius 1 is 1.36 bits per heavy atom. The Balaban J connectivity index is 2.49. The summed E-state index contributed by atoms with van der Waals surface area (Å²) in [6.07, 6.45) is 0.151. The highest BCUT2D eigenvalue weighted by molar-refractivity contribution is 7.80. The minimum absolute atomic E-state index is 0.0684. The molecule has 80 valence electrons. The second kappa shape index (κ2) is 3.19. The molecule has 0 aliphatic heterocycles. The van der Waals surface area contributed by atoms with Gasteiger partial charge in [0.25, 0.3) is 0 Å². The predicted octanol–water partition coefficient (Wildman–Crippen LogP) is 1.21. The Morgan fingerprint density at radius 3 is 2.07 bits per heavy atom. The largest absolute Gasteiger partial charge is 0.393 e. The van der Waals surface area contributed by atoms with E-state index < -0.39 is 0 Å². The number of thiocarbonyl (C=S) groups is 1. The van der Waals surface area contributed by atoms with E-state index in [0.29, 0.717) is 0 Å². The van der Waals surface area contributed by atoms with Gasteiger partial charge in [0.15, 0.2) is 0 Å². The van der Waals surface area contributed by atoms with E-state index >= 15 is 0 Å². The van der Waals surface area contributed by atoms with E-state index in [1.54, 1.807) is 0 Å². The van der Waals surface area contributed by atoms with Crippen LogP contribution in [0, 0.1) is 10.8 Å². The van der Waals surface area contributed by atoms with Gasteiger partial charge in [0.05, 0.1) is 11.4 Å². The van der Waals surface area contributed by atoms with Gasteiger partial charge in [0.2, 0.25) is 5.91 Å². The van der Waals surface area contributed by atoms with E-state index in [1.165, 1.54) is 0 Å². The Bertz CT molecular complexity index is 270. The molecule has 1 fully saturated rings. The number of hydrogen-bond donors (Lipinski definition) is 2. The first-order valence-electron chi connectivity index (χ1n) is 4.77. The van der Waals surface area contributed by atoms with Crippen molar-refractivity contribution in [3.8, 4) is 0 Å². The lowest BCUT2D eigenvalue weighted by atomic mass is 10.0. The first kappa shape index (κ1) is 11.4. The number of carbonyl (C=O) groups is 1. The first-order chi connectivity index (χ1) is 6.19. The molecule has 0 aromatic heterocycles. The molecule has 4 heteroatoms. The summed E-state index contributed by atoms with van der Waals surface area (Å²) in [6.45, 7) is 8.61. The van der Waals surface area contributed by atoms with Gasteiger partial charge < -0.3 is 11.1 Å². The fraction of sp³-hybridized carbons (Fsp3) is 0.800. The second-order valence-electron chi connectivity index (χ2n) is 5.09. The Kier molecular flexibility index (Phi) is 2.61. The van der Waals surface area contributed by atoms with Crippen LogP contribution in [0.25, 0.3) is 0 Å². The van der Waals surface area contributed by atoms with Crippen LogP contribution in [0.4, 0.5) is 0 Å². The third-order valence-electron chi connectivity index (χ3n) is 3.66. The third-order valence-corrected chi connectivity index (χ3v) is 3.81. The molecule has 0 aromatic rings. The molecule has 14 heavy (non-hydrogen) atoms. The SMILES string of the molecule is CC1(C)C(NC(=O)CC(N)=S)C1(C)C. The average molecular weight is 214 g/mol. The van der Waals surface area contributed by atoms with Crippen molar-refractivity contribution in [2.45, 2.75) is 40.2 Å². The van der Waals surface area contributed by atoms with E-state index in [2.05, 4.69) is 45.2 Å². The predicted molar refractivity (Wildman–Crippen MR) is 60.9 cm³/mol. The number of carbonyl (C=O) groups excluding carboxylic acids is 1. The van der Waals surface area contributed by atoms with E-state index in [0.717, 1.165) is 0 Å². The van der Waals surface area contributed by atoms with Crippen LogP contribution in [0.2, 0.25) is 0 Å². The molecule has 1 rings (SSSR count). The number of nitrogens with one attached hydrogen (secondary N) is 1. The van der Waals surface area contributed by atoms with Crippen LogP contribution in [0.5, 0.6) is 0 Å². The second-order valence-corrected chi connectivity index (χ2v) is 5.61. The highest BCUT2D eigenvalue weighted by Gasteiger charge is 2.65. The molecule has 0 spiro atoms. The van der Waals surface area contributed by atoms with Gasteiger partial charge in [-0.15, -0.1) is 0 Å². The first-order valence-corrected chi connectivity index (χ1v) is 5.18. The van der Waals surface area contributed by atoms with Crippen LogP contribution in [0.1, 0.15) is 34.1 Å². The van der Waals surface area contributed by atoms with Gasteiger partial charge in [-0.3, -0.25) is 4.79 Å². The molecular formula is C10H18N2OS. The maximum atomic E-state index is 11.4. The summed E-state index contributed by atoms with van der Waals surface area (Å²) >= 11 is 4.68. The van der Waals surface area contributed by atoms with E-state index in [-0.39, 0.29) is 34.2 Å². The molecule has 0 bridgehead atoms. The van der Waals surface area contributed by atoms with Gasteiger partial charge in [0.1, 0.15) is 0 Å². The molecular weight excluding hydrogens is 196 g/mol. The monoisotopic (exact) mass is 214 g/mol. The third kappa shape index (κ3) is 1.75. The van der Waals surface area contributed by atoms with Crippen molar-refractivity contribution in [1.29, 1.82) is 0 Å². The highest BCUT2D eigenvalue weighted by atomic mass is 32.1. The van der Waals surface area contributed by atoms with E-state index in [1.807, 2.05) is 0 Å². The summed E-state index contributed by atoms with van der Waals surface area (Å²) in [5.74, 6) is -0.0684. The normalized spacial score (nSPS) is 22.9. The number of hydrogen-bond acceptors (Lipinski definition) is 2. The Morgan fingerprint density at radius 2 is 1.79 bits per heavy atom. The highest BCUT2D eigenvalue weighted by Crippen LogP contribution is 2.62. The Labute approximate surface area is 90.4 Å². The van der Waals surface area contributed by atoms with E-state index in [4.69, 9.17) is 5.73 Å². The maximum Gasteiger partial charge on any atom is 0.227 e. The van der Waals surface area contributed by atoms with Crippen LogP contribution in [0.3, 0.4) is 0 Å². The minimum atomic E-state index is -0.0684. The maximum absolute atomic E-state index is 11.4. The molecule has 1 amide bonds. The summed E-state index contributed by atoms with van der Waals surface area (Å²) in [5.41, 5.74) is 5.63. The molecule has 3 N–H and O–H groups in total. The molecule has 1 saturated carbocycles. The number of rotatable bonds is 3. The molecule has 0 aromatic carbocycles. The van der Waals surface area contributed by atoms with Crippen LogP contribution in [-0.4, -0.2) is 16.9 Å². The Hall–Kier alpha value is -0.640. The summed E-state index contributed by atoms with van der Waals surface area (Å²) in [6, 6.07) is 0.233. The van der Waals surface area contributed by atoms with Gasteiger partial charge in [-0.25, -0.2) is 0 Å². The molecule has 0 radical (unpaired) electrons. The van der Waals surface area contributed by atoms with Crippen LogP contribution in [0.15, 0.2) is 0 Å². The zero-order valence-electron chi connectivity index (χ0n) is 9.18. The van der Waals surface area contributed by atoms with Gasteiger partial charge in [-0.1, -0.05) is 39.9 Å². The molecule has 1 aliphatic carbocycles. The van der Waals surface area contributed by atoms with E-state index in [9.17, 15) is 4.79 Å². The van der Waals surface area contributed by atoms with Gasteiger partial charge in [-0.2, -0.15) is 0 Å². The lowest BCUT2D eigenvalue weighted by Gasteiger charge is -2.05. The molecule has 0 heterocycles. The van der Waals surface area contributed by atoms with Crippen molar-refractivity contribution in [3.63, 3.8) is 0 Å². The van der Waals surface area contributed by atoms with Gasteiger partial charge in [0, 0.05) is 6.04 Å². The van der Waals surface area contributed by atoms with Crippen molar-refractivity contribution in [1.82, 2.24) is 5.32 Å². The smallest absolute Gasteiger partial charge is 0.227 e. The van der Waals surface area contributed by atoms with Crippen molar-refractivity contribution in [2.24, 2.45) is 16.6 Å². The van der Waals surface area contributed by atoms with Crippen molar-refractivity contribution >= 4 is 23.1 Å². The molecule has 1 aliphatic rings. The van der Waals surface area contributed by atoms with Crippen molar-refractivity contribution in [3.05, 3.63) is 0 Å². The lowest BCUT2D eigenvalue weighted by Crippen LogP contribution is -2.32. The standard InChI is InChI=1S/C10H18N2OS/c1-9(2)8(10(9,3)4)12-7(13)5-6(11)14/h8H,5H2,1-4H3,(H2,11,14)(H,12,13). The zero-order chi connectivity index (χ0) is 11.1. The summed E-state index contributed by atoms with van der Waals surface area (Å²) < 4.78 is 0. The fourth-order valence-corrected chi connectivity index (χ4v) is 2.06. The molecule has 0 unspecified atom stereocenters. The topological polar surface area (TPSA) is 55.1 Å². The molecule has 3 nitrogen and oxygen atoms in total. The molecule has 0 saturated heterocycles. The summed E-state index contributed by atoms with van der Waals surface area (Å²) in [4.78, 5) is 11.6. The van der Waals surface area contributed by atoms with Crippen molar-refractivity contribution in [2.75, 3.05) is 0 Å². The van der Waals surface area contributed by atoms with Gasteiger partial charge in [-0.05, 0) is 10.8 Å². The minimum Gasteiger partial charge on any atom is -0.393 e. The van der Waals surface area contributed by atoms with Crippen LogP contribution >= 0.6 is 12.2 Å². The average Bonchev–Trinajstić information content (AvgIpc) is 2.30. The fourth-order valence-electron chi connectivity index (χ4n) is 1.93. The zero-order valence-corrected chi connectivity index (χ0v) is 9.99. The summed E-state index contributed by atoms with van der Waals surface area (Å²) in [5, 5.41) is 2.96.